The standard InChI is InChI=1S/C17H26N2O3S/c1-3-23(21,22)13-14(2)18-17(20)19-10-9-16(12-19)11-15-7-5-4-6-8-15/h4-8,14,16H,3,9-13H2,1-2H3,(H,18,20)/t14-,16-/m1/s1. The van der Waals surface area contributed by atoms with Crippen molar-refractivity contribution in [2.45, 2.75) is 32.7 Å². The van der Waals surface area contributed by atoms with E-state index in [-0.39, 0.29) is 23.6 Å². The summed E-state index contributed by atoms with van der Waals surface area (Å²) in [4.78, 5) is 14.0. The molecule has 0 saturated carbocycles. The summed E-state index contributed by atoms with van der Waals surface area (Å²) < 4.78 is 23.2. The van der Waals surface area contributed by atoms with Crippen molar-refractivity contribution in [1.29, 1.82) is 0 Å². The van der Waals surface area contributed by atoms with Crippen molar-refractivity contribution in [1.82, 2.24) is 10.2 Å². The highest BCUT2D eigenvalue weighted by atomic mass is 32.2. The maximum absolute atomic E-state index is 12.2. The smallest absolute Gasteiger partial charge is 0.317 e. The van der Waals surface area contributed by atoms with Crippen molar-refractivity contribution in [3.05, 3.63) is 35.9 Å². The van der Waals surface area contributed by atoms with Gasteiger partial charge >= 0.3 is 6.03 Å². The van der Waals surface area contributed by atoms with Gasteiger partial charge in [-0.15, -0.1) is 0 Å². The third-order valence-electron chi connectivity index (χ3n) is 4.25. The van der Waals surface area contributed by atoms with Gasteiger partial charge in [-0.05, 0) is 31.2 Å². The Morgan fingerprint density at radius 1 is 1.35 bits per heavy atom. The topological polar surface area (TPSA) is 66.5 Å². The number of sulfone groups is 1. The van der Waals surface area contributed by atoms with Crippen LogP contribution < -0.4 is 5.32 Å². The monoisotopic (exact) mass is 338 g/mol. The molecule has 1 fully saturated rings. The Hall–Kier alpha value is -1.56. The highest BCUT2D eigenvalue weighted by molar-refractivity contribution is 7.91. The predicted molar refractivity (Wildman–Crippen MR) is 92.1 cm³/mol. The van der Waals surface area contributed by atoms with E-state index in [4.69, 9.17) is 0 Å². The molecule has 0 aliphatic carbocycles. The zero-order valence-electron chi connectivity index (χ0n) is 13.9. The number of amides is 2. The SMILES string of the molecule is CCS(=O)(=O)C[C@@H](C)NC(=O)N1CC[C@H](Cc2ccccc2)C1. The fourth-order valence-corrected chi connectivity index (χ4v) is 4.05. The van der Waals surface area contributed by atoms with Crippen molar-refractivity contribution >= 4 is 15.9 Å². The quantitative estimate of drug-likeness (QED) is 0.863. The minimum Gasteiger partial charge on any atom is -0.335 e. The maximum atomic E-state index is 12.2. The average Bonchev–Trinajstić information content (AvgIpc) is 2.96. The van der Waals surface area contributed by atoms with E-state index in [2.05, 4.69) is 17.4 Å². The fraction of sp³-hybridized carbons (Fsp3) is 0.588. The van der Waals surface area contributed by atoms with Crippen LogP contribution in [-0.2, 0) is 16.3 Å². The molecule has 2 amide bonds. The summed E-state index contributed by atoms with van der Waals surface area (Å²) in [7, 11) is -3.07. The molecule has 1 aromatic rings. The van der Waals surface area contributed by atoms with Crippen molar-refractivity contribution in [2.75, 3.05) is 24.6 Å². The number of rotatable bonds is 6. The summed E-state index contributed by atoms with van der Waals surface area (Å²) in [6.07, 6.45) is 1.97. The van der Waals surface area contributed by atoms with Gasteiger partial charge in [0.05, 0.1) is 5.75 Å². The third kappa shape index (κ3) is 5.53. The van der Waals surface area contributed by atoms with Gasteiger partial charge in [-0.2, -0.15) is 0 Å². The van der Waals surface area contributed by atoms with Gasteiger partial charge in [-0.25, -0.2) is 13.2 Å². The van der Waals surface area contributed by atoms with Crippen LogP contribution in [0.2, 0.25) is 0 Å². The van der Waals surface area contributed by atoms with Crippen LogP contribution in [0.3, 0.4) is 0 Å². The lowest BCUT2D eigenvalue weighted by Crippen LogP contribution is -2.45. The van der Waals surface area contributed by atoms with E-state index in [0.29, 0.717) is 5.92 Å². The minimum atomic E-state index is -3.07. The molecule has 0 aromatic heterocycles. The summed E-state index contributed by atoms with van der Waals surface area (Å²) in [6, 6.07) is 9.78. The number of nitrogens with zero attached hydrogens (tertiary/aromatic N) is 1. The number of nitrogens with one attached hydrogen (secondary N) is 1. The second-order valence-corrected chi connectivity index (χ2v) is 8.74. The van der Waals surface area contributed by atoms with Crippen LogP contribution in [0.5, 0.6) is 0 Å². The van der Waals surface area contributed by atoms with Gasteiger partial charge in [0.25, 0.3) is 0 Å². The van der Waals surface area contributed by atoms with Gasteiger partial charge in [-0.3, -0.25) is 0 Å². The second kappa shape index (κ2) is 7.81. The second-order valence-electron chi connectivity index (χ2n) is 6.34. The Morgan fingerprint density at radius 2 is 2.04 bits per heavy atom. The summed E-state index contributed by atoms with van der Waals surface area (Å²) >= 11 is 0. The third-order valence-corrected chi connectivity index (χ3v) is 6.14. The summed E-state index contributed by atoms with van der Waals surface area (Å²) in [5, 5.41) is 2.80. The predicted octanol–water partition coefficient (Wildman–Crippen LogP) is 2.08. The average molecular weight is 338 g/mol. The molecule has 1 aromatic carbocycles. The normalized spacial score (nSPS) is 19.6. The number of carbonyl (C=O) groups excluding carboxylic acids is 1. The van der Waals surface area contributed by atoms with Crippen LogP contribution in [0.1, 0.15) is 25.8 Å². The first-order valence-electron chi connectivity index (χ1n) is 8.19. The number of hydrogen-bond donors (Lipinski definition) is 1. The molecular weight excluding hydrogens is 312 g/mol. The Kier molecular flexibility index (Phi) is 6.04. The van der Waals surface area contributed by atoms with Crippen LogP contribution in [0.25, 0.3) is 0 Å². The molecule has 6 heteroatoms. The van der Waals surface area contributed by atoms with Crippen LogP contribution >= 0.6 is 0 Å². The Bertz CT molecular complexity index is 616. The maximum Gasteiger partial charge on any atom is 0.317 e. The van der Waals surface area contributed by atoms with Crippen molar-refractivity contribution in [2.24, 2.45) is 5.92 Å². The summed E-state index contributed by atoms with van der Waals surface area (Å²) in [6.45, 7) is 4.83. The molecule has 128 valence electrons. The lowest BCUT2D eigenvalue weighted by atomic mass is 9.99. The minimum absolute atomic E-state index is 0.00345. The molecule has 0 bridgehead atoms. The molecule has 5 nitrogen and oxygen atoms in total. The van der Waals surface area contributed by atoms with Gasteiger partial charge in [0.15, 0.2) is 9.84 Å². The van der Waals surface area contributed by atoms with Crippen molar-refractivity contribution in [3.8, 4) is 0 Å². The van der Waals surface area contributed by atoms with Gasteiger partial charge in [-0.1, -0.05) is 37.3 Å². The molecule has 2 atom stereocenters. The number of benzene rings is 1. The van der Waals surface area contributed by atoms with Crippen LogP contribution in [0.15, 0.2) is 30.3 Å². The summed E-state index contributed by atoms with van der Waals surface area (Å²) in [5.74, 6) is 0.574. The van der Waals surface area contributed by atoms with E-state index in [1.54, 1.807) is 18.7 Å². The van der Waals surface area contributed by atoms with E-state index >= 15 is 0 Å². The largest absolute Gasteiger partial charge is 0.335 e. The van der Waals surface area contributed by atoms with Crippen molar-refractivity contribution < 1.29 is 13.2 Å². The molecule has 0 spiro atoms. The van der Waals surface area contributed by atoms with Crippen LogP contribution in [0.4, 0.5) is 4.79 Å². The van der Waals surface area contributed by atoms with E-state index < -0.39 is 9.84 Å². The van der Waals surface area contributed by atoms with Crippen LogP contribution in [0, 0.1) is 5.92 Å². The molecule has 2 rings (SSSR count). The molecular formula is C17H26N2O3S. The molecule has 1 aliphatic heterocycles. The van der Waals surface area contributed by atoms with E-state index in [1.807, 2.05) is 18.2 Å². The highest BCUT2D eigenvalue weighted by Gasteiger charge is 2.27. The zero-order valence-corrected chi connectivity index (χ0v) is 14.7. The van der Waals surface area contributed by atoms with Crippen molar-refractivity contribution in [3.63, 3.8) is 0 Å². The fourth-order valence-electron chi connectivity index (χ4n) is 2.97. The van der Waals surface area contributed by atoms with Gasteiger partial charge in [0.1, 0.15) is 0 Å². The highest BCUT2D eigenvalue weighted by Crippen LogP contribution is 2.20. The van der Waals surface area contributed by atoms with Crippen LogP contribution in [-0.4, -0.2) is 50.0 Å². The zero-order chi connectivity index (χ0) is 16.9. The van der Waals surface area contributed by atoms with E-state index in [1.165, 1.54) is 5.56 Å². The lowest BCUT2D eigenvalue weighted by molar-refractivity contribution is 0.204. The summed E-state index contributed by atoms with van der Waals surface area (Å²) in [5.41, 5.74) is 1.29. The Balaban J connectivity index is 1.80. The number of carbonyl (C=O) groups is 1. The number of likely N-dealkylation sites (tertiary alicyclic amines) is 1. The van der Waals surface area contributed by atoms with Gasteiger partial charge in [0, 0.05) is 24.9 Å². The number of hydrogen-bond acceptors (Lipinski definition) is 3. The molecule has 1 saturated heterocycles. The molecule has 0 radical (unpaired) electrons. The Morgan fingerprint density at radius 3 is 2.70 bits per heavy atom. The first-order chi connectivity index (χ1) is 10.9. The lowest BCUT2D eigenvalue weighted by Gasteiger charge is -2.21. The first kappa shape index (κ1) is 17.8. The first-order valence-corrected chi connectivity index (χ1v) is 10.0. The van der Waals surface area contributed by atoms with E-state index in [9.17, 15) is 13.2 Å². The molecule has 0 unspecified atom stereocenters. The molecule has 23 heavy (non-hydrogen) atoms. The number of urea groups is 1. The molecule has 1 aliphatic rings. The van der Waals surface area contributed by atoms with Gasteiger partial charge < -0.3 is 10.2 Å². The Labute approximate surface area is 139 Å². The molecule has 1 N–H and O–H groups in total. The molecule has 1 heterocycles. The van der Waals surface area contributed by atoms with E-state index in [0.717, 1.165) is 25.9 Å². The van der Waals surface area contributed by atoms with Gasteiger partial charge in [0.2, 0.25) is 0 Å².